The molecule has 1 heterocycles. The molecule has 0 saturated heterocycles. The van der Waals surface area contributed by atoms with Crippen molar-refractivity contribution in [1.82, 2.24) is 0 Å². The van der Waals surface area contributed by atoms with Gasteiger partial charge in [-0.25, -0.2) is 4.99 Å². The van der Waals surface area contributed by atoms with Crippen molar-refractivity contribution in [3.05, 3.63) is 29.8 Å². The lowest BCUT2D eigenvalue weighted by Crippen LogP contribution is -2.00. The summed E-state index contributed by atoms with van der Waals surface area (Å²) in [5.41, 5.74) is 1.09. The maximum atomic E-state index is 5.31. The Morgan fingerprint density at radius 1 is 1.17 bits per heavy atom. The summed E-state index contributed by atoms with van der Waals surface area (Å²) in [5.74, 6) is 1.63. The Hall–Kier alpha value is -1.51. The summed E-state index contributed by atoms with van der Waals surface area (Å²) in [6, 6.07) is 7.99. The number of hydrogen-bond acceptors (Lipinski definition) is 3. The monoisotopic (exact) mass is 251 g/mol. The van der Waals surface area contributed by atoms with Gasteiger partial charge in [0.25, 0.3) is 0 Å². The highest BCUT2D eigenvalue weighted by atomic mass is 16.5. The first kappa shape index (κ1) is 16.5. The molecule has 18 heavy (non-hydrogen) atoms. The summed E-state index contributed by atoms with van der Waals surface area (Å²) in [6.07, 6.45) is 0. The van der Waals surface area contributed by atoms with Crippen LogP contribution in [0.5, 0.6) is 5.75 Å². The number of benzene rings is 1. The fraction of sp³-hybridized carbons (Fsp3) is 0.533. The average molecular weight is 251 g/mol. The second-order valence-corrected chi connectivity index (χ2v) is 3.22. The third kappa shape index (κ3) is 4.40. The molecule has 0 radical (unpaired) electrons. The minimum absolute atomic E-state index is 0.0890. The number of aliphatic imine (C=N–C) groups is 1. The van der Waals surface area contributed by atoms with Crippen LogP contribution in [-0.4, -0.2) is 19.6 Å². The highest BCUT2D eigenvalue weighted by molar-refractivity contribution is 5.75. The minimum atomic E-state index is 0.0890. The van der Waals surface area contributed by atoms with E-state index in [0.29, 0.717) is 6.61 Å². The van der Waals surface area contributed by atoms with E-state index < -0.39 is 0 Å². The van der Waals surface area contributed by atoms with Crippen molar-refractivity contribution in [3.63, 3.8) is 0 Å². The van der Waals surface area contributed by atoms with Crippen molar-refractivity contribution < 1.29 is 9.47 Å². The Balaban J connectivity index is 0.000000659. The predicted octanol–water partition coefficient (Wildman–Crippen LogP) is 4.24. The molecule has 1 atom stereocenters. The predicted molar refractivity (Wildman–Crippen MR) is 77.5 cm³/mol. The van der Waals surface area contributed by atoms with E-state index in [9.17, 15) is 0 Å². The van der Waals surface area contributed by atoms with Crippen molar-refractivity contribution in [2.24, 2.45) is 4.99 Å². The van der Waals surface area contributed by atoms with Gasteiger partial charge in [0.2, 0.25) is 0 Å². The van der Waals surface area contributed by atoms with Crippen molar-refractivity contribution in [2.45, 2.75) is 40.7 Å². The first-order valence-electron chi connectivity index (χ1n) is 6.61. The molecule has 3 heteroatoms. The molecular formula is C15H25NO2. The van der Waals surface area contributed by atoms with E-state index in [2.05, 4.69) is 4.99 Å². The van der Waals surface area contributed by atoms with Crippen molar-refractivity contribution in [3.8, 4) is 5.75 Å². The van der Waals surface area contributed by atoms with Gasteiger partial charge >= 0.3 is 0 Å². The Kier molecular flexibility index (Phi) is 8.71. The van der Waals surface area contributed by atoms with Gasteiger partial charge in [0.15, 0.2) is 5.90 Å². The molecule has 1 aliphatic rings. The van der Waals surface area contributed by atoms with Gasteiger partial charge in [-0.1, -0.05) is 45.9 Å². The fourth-order valence-electron chi connectivity index (χ4n) is 1.59. The van der Waals surface area contributed by atoms with Gasteiger partial charge in [0.1, 0.15) is 18.4 Å². The van der Waals surface area contributed by atoms with Crippen molar-refractivity contribution >= 4 is 5.90 Å². The van der Waals surface area contributed by atoms with E-state index in [0.717, 1.165) is 17.2 Å². The zero-order valence-corrected chi connectivity index (χ0v) is 12.4. The van der Waals surface area contributed by atoms with Gasteiger partial charge in [-0.3, -0.25) is 0 Å². The molecule has 0 spiro atoms. The smallest absolute Gasteiger partial charge is 0.180 e. The summed E-state index contributed by atoms with van der Waals surface area (Å²) in [4.78, 5) is 4.38. The SMILES string of the molecule is CC.CC.COc1ccccc1C1COC(C)=N1. The number of ether oxygens (including phenoxy) is 2. The molecule has 102 valence electrons. The largest absolute Gasteiger partial charge is 0.496 e. The molecule has 0 fully saturated rings. The Morgan fingerprint density at radius 2 is 1.78 bits per heavy atom. The number of nitrogens with zero attached hydrogens (tertiary/aromatic N) is 1. The van der Waals surface area contributed by atoms with Crippen LogP contribution in [-0.2, 0) is 4.74 Å². The van der Waals surface area contributed by atoms with Crippen LogP contribution in [0.2, 0.25) is 0 Å². The molecule has 0 aromatic heterocycles. The molecule has 2 rings (SSSR count). The highest BCUT2D eigenvalue weighted by Crippen LogP contribution is 2.30. The molecule has 0 aliphatic carbocycles. The minimum Gasteiger partial charge on any atom is -0.496 e. The molecule has 1 aliphatic heterocycles. The molecule has 3 nitrogen and oxygen atoms in total. The van der Waals surface area contributed by atoms with E-state index in [4.69, 9.17) is 9.47 Å². The van der Waals surface area contributed by atoms with Gasteiger partial charge in [-0.05, 0) is 6.07 Å². The molecule has 0 saturated carbocycles. The third-order valence-electron chi connectivity index (χ3n) is 2.29. The topological polar surface area (TPSA) is 30.8 Å². The van der Waals surface area contributed by atoms with Crippen molar-refractivity contribution in [1.29, 1.82) is 0 Å². The summed E-state index contributed by atoms with van der Waals surface area (Å²) in [6.45, 7) is 10.5. The van der Waals surface area contributed by atoms with Crippen LogP contribution < -0.4 is 4.74 Å². The summed E-state index contributed by atoms with van der Waals surface area (Å²) in [7, 11) is 1.67. The van der Waals surface area contributed by atoms with Gasteiger partial charge < -0.3 is 9.47 Å². The van der Waals surface area contributed by atoms with Gasteiger partial charge in [0, 0.05) is 12.5 Å². The van der Waals surface area contributed by atoms with E-state index in [1.165, 1.54) is 0 Å². The second-order valence-electron chi connectivity index (χ2n) is 3.22. The molecule has 1 aromatic carbocycles. The van der Waals surface area contributed by atoms with Crippen LogP contribution in [0.25, 0.3) is 0 Å². The number of rotatable bonds is 2. The first-order chi connectivity index (χ1) is 8.81. The van der Waals surface area contributed by atoms with E-state index in [-0.39, 0.29) is 6.04 Å². The Bertz CT molecular complexity index is 361. The second kappa shape index (κ2) is 9.51. The lowest BCUT2D eigenvalue weighted by molar-refractivity contribution is 0.312. The van der Waals surface area contributed by atoms with E-state index in [1.54, 1.807) is 7.11 Å². The third-order valence-corrected chi connectivity index (χ3v) is 2.29. The molecule has 1 unspecified atom stereocenters. The zero-order valence-electron chi connectivity index (χ0n) is 12.4. The van der Waals surface area contributed by atoms with Crippen LogP contribution in [0.1, 0.15) is 46.2 Å². The lowest BCUT2D eigenvalue weighted by Gasteiger charge is -2.10. The summed E-state index contributed by atoms with van der Waals surface area (Å²) in [5, 5.41) is 0. The molecular weight excluding hydrogens is 226 g/mol. The van der Waals surface area contributed by atoms with Crippen LogP contribution in [0, 0.1) is 0 Å². The molecule has 0 amide bonds. The number of hydrogen-bond donors (Lipinski definition) is 0. The number of para-hydroxylation sites is 1. The summed E-state index contributed by atoms with van der Waals surface area (Å²) < 4.78 is 10.6. The molecule has 0 bridgehead atoms. The Labute approximate surface area is 111 Å². The van der Waals surface area contributed by atoms with E-state index in [1.807, 2.05) is 58.9 Å². The quantitative estimate of drug-likeness (QED) is 0.787. The Morgan fingerprint density at radius 3 is 2.28 bits per heavy atom. The normalized spacial score (nSPS) is 16.3. The lowest BCUT2D eigenvalue weighted by atomic mass is 10.1. The van der Waals surface area contributed by atoms with E-state index >= 15 is 0 Å². The van der Waals surface area contributed by atoms with Gasteiger partial charge in [0.05, 0.1) is 7.11 Å². The van der Waals surface area contributed by atoms with Gasteiger partial charge in [-0.15, -0.1) is 0 Å². The van der Waals surface area contributed by atoms with Crippen LogP contribution in [0.15, 0.2) is 29.3 Å². The zero-order chi connectivity index (χ0) is 14.0. The molecule has 1 aromatic rings. The average Bonchev–Trinajstić information content (AvgIpc) is 2.89. The van der Waals surface area contributed by atoms with Crippen LogP contribution in [0.3, 0.4) is 0 Å². The maximum absolute atomic E-state index is 5.31. The number of methoxy groups -OCH3 is 1. The fourth-order valence-corrected chi connectivity index (χ4v) is 1.59. The van der Waals surface area contributed by atoms with Crippen molar-refractivity contribution in [2.75, 3.05) is 13.7 Å². The maximum Gasteiger partial charge on any atom is 0.180 e. The van der Waals surface area contributed by atoms with Crippen LogP contribution in [0.4, 0.5) is 0 Å². The summed E-state index contributed by atoms with van der Waals surface area (Å²) >= 11 is 0. The molecule has 0 N–H and O–H groups in total. The highest BCUT2D eigenvalue weighted by Gasteiger charge is 2.20. The van der Waals surface area contributed by atoms with Gasteiger partial charge in [-0.2, -0.15) is 0 Å². The van der Waals surface area contributed by atoms with Crippen LogP contribution >= 0.6 is 0 Å². The first-order valence-corrected chi connectivity index (χ1v) is 6.61. The standard InChI is InChI=1S/C11H13NO2.2C2H6/c1-8-12-10(7-14-8)9-5-3-4-6-11(9)13-2;2*1-2/h3-6,10H,7H2,1-2H3;2*1-2H3.